The summed E-state index contributed by atoms with van der Waals surface area (Å²) in [6, 6.07) is 7.45. The smallest absolute Gasteiger partial charge is 0.339 e. The lowest BCUT2D eigenvalue weighted by Gasteiger charge is -2.32. The van der Waals surface area contributed by atoms with Crippen molar-refractivity contribution < 1.29 is 25.6 Å². The van der Waals surface area contributed by atoms with E-state index in [4.69, 9.17) is 4.18 Å². The predicted octanol–water partition coefficient (Wildman–Crippen LogP) is 10.1. The summed E-state index contributed by atoms with van der Waals surface area (Å²) in [6.45, 7) is 7.33. The lowest BCUT2D eigenvalue weighted by atomic mass is 9.76. The van der Waals surface area contributed by atoms with Gasteiger partial charge in [0.05, 0.1) is 0 Å². The second-order valence-corrected chi connectivity index (χ2v) is 17.1. The molecule has 8 heteroatoms. The Bertz CT molecular complexity index is 1450. The molecule has 6 nitrogen and oxygen atoms in total. The summed E-state index contributed by atoms with van der Waals surface area (Å²) in [4.78, 5) is 0.224. The maximum absolute atomic E-state index is 14.7. The summed E-state index contributed by atoms with van der Waals surface area (Å²) in [5, 5.41) is 0. The molecule has 3 aliphatic carbocycles. The molecule has 0 bridgehead atoms. The van der Waals surface area contributed by atoms with Crippen molar-refractivity contribution in [2.24, 2.45) is 0 Å². The van der Waals surface area contributed by atoms with Crippen LogP contribution < -0.4 is 4.18 Å². The van der Waals surface area contributed by atoms with Crippen LogP contribution in [0.3, 0.4) is 0 Å². The Labute approximate surface area is 266 Å². The topological polar surface area (TPSA) is 97.7 Å². The molecule has 5 rings (SSSR count). The maximum atomic E-state index is 14.7. The van der Waals surface area contributed by atoms with Crippen molar-refractivity contribution in [2.45, 2.75) is 163 Å². The third kappa shape index (κ3) is 7.39. The van der Waals surface area contributed by atoms with Crippen molar-refractivity contribution in [3.8, 4) is 5.75 Å². The van der Waals surface area contributed by atoms with Gasteiger partial charge in [-0.15, -0.1) is 0 Å². The van der Waals surface area contributed by atoms with Crippen molar-refractivity contribution in [1.29, 1.82) is 0 Å². The van der Waals surface area contributed by atoms with Gasteiger partial charge in [-0.3, -0.25) is 4.55 Å². The van der Waals surface area contributed by atoms with Crippen LogP contribution in [0.25, 0.3) is 0 Å². The Balaban J connectivity index is 1.69. The molecule has 1 N–H and O–H groups in total. The molecular weight excluding hydrogens is 593 g/mol. The highest BCUT2D eigenvalue weighted by Gasteiger charge is 2.35. The predicted molar refractivity (Wildman–Crippen MR) is 176 cm³/mol. The van der Waals surface area contributed by atoms with Crippen LogP contribution in [0.1, 0.15) is 181 Å². The number of hydrogen-bond donors (Lipinski definition) is 1. The van der Waals surface area contributed by atoms with Crippen LogP contribution in [0, 0.1) is 0 Å². The van der Waals surface area contributed by atoms with Crippen molar-refractivity contribution >= 4 is 20.2 Å². The van der Waals surface area contributed by atoms with Gasteiger partial charge in [0.25, 0.3) is 10.1 Å². The third-order valence-corrected chi connectivity index (χ3v) is 12.8. The molecule has 0 aliphatic heterocycles. The fourth-order valence-corrected chi connectivity index (χ4v) is 10.8. The van der Waals surface area contributed by atoms with E-state index in [9.17, 15) is 21.4 Å². The summed E-state index contributed by atoms with van der Waals surface area (Å²) < 4.78 is 70.6. The van der Waals surface area contributed by atoms with Gasteiger partial charge >= 0.3 is 10.1 Å². The van der Waals surface area contributed by atoms with Gasteiger partial charge in [-0.25, -0.2) is 0 Å². The molecule has 2 aromatic carbocycles. The highest BCUT2D eigenvalue weighted by molar-refractivity contribution is 7.87. The van der Waals surface area contributed by atoms with Crippen LogP contribution in [0.15, 0.2) is 34.1 Å². The van der Waals surface area contributed by atoms with E-state index in [2.05, 4.69) is 12.1 Å². The van der Waals surface area contributed by atoms with Gasteiger partial charge in [0.1, 0.15) is 15.5 Å². The van der Waals surface area contributed by atoms with Gasteiger partial charge in [-0.05, 0) is 108 Å². The number of rotatable bonds is 9. The van der Waals surface area contributed by atoms with E-state index in [-0.39, 0.29) is 34.3 Å². The molecule has 244 valence electrons. The van der Waals surface area contributed by atoms with E-state index in [1.807, 2.05) is 27.7 Å². The minimum Gasteiger partial charge on any atom is -0.379 e. The summed E-state index contributed by atoms with van der Waals surface area (Å²) >= 11 is 0. The van der Waals surface area contributed by atoms with Crippen LogP contribution in [0.2, 0.25) is 0 Å². The van der Waals surface area contributed by atoms with Crippen LogP contribution in [0.4, 0.5) is 0 Å². The van der Waals surface area contributed by atoms with Crippen LogP contribution in [0.5, 0.6) is 5.75 Å². The summed E-state index contributed by atoms with van der Waals surface area (Å²) in [5.74, 6) is 0.387. The molecule has 44 heavy (non-hydrogen) atoms. The van der Waals surface area contributed by atoms with E-state index in [1.54, 1.807) is 0 Å². The zero-order chi connectivity index (χ0) is 31.6. The van der Waals surface area contributed by atoms with E-state index < -0.39 is 20.2 Å². The van der Waals surface area contributed by atoms with Gasteiger partial charge in [0.2, 0.25) is 0 Å². The summed E-state index contributed by atoms with van der Waals surface area (Å²) in [7, 11) is -8.80. The summed E-state index contributed by atoms with van der Waals surface area (Å²) in [5.41, 5.74) is 3.91. The lowest BCUT2D eigenvalue weighted by molar-refractivity contribution is 0.414. The average Bonchev–Trinajstić information content (AvgIpc) is 3.00. The molecule has 0 radical (unpaired) electrons. The first-order valence-electron chi connectivity index (χ1n) is 17.1. The highest BCUT2D eigenvalue weighted by Crippen LogP contribution is 2.46. The summed E-state index contributed by atoms with van der Waals surface area (Å²) in [6.07, 6.45) is 16.8. The Hall–Kier alpha value is -1.90. The monoisotopic (exact) mass is 644 g/mol. The molecule has 2 aromatic rings. The molecule has 0 spiro atoms. The molecule has 0 unspecified atom stereocenters. The number of hydrogen-bond acceptors (Lipinski definition) is 5. The number of benzene rings is 2. The molecule has 3 aliphatic rings. The van der Waals surface area contributed by atoms with E-state index >= 15 is 0 Å². The quantitative estimate of drug-likeness (QED) is 0.215. The van der Waals surface area contributed by atoms with Crippen molar-refractivity contribution in [2.75, 3.05) is 0 Å². The third-order valence-electron chi connectivity index (χ3n) is 10.4. The molecular formula is C36H52O6S2. The fourth-order valence-electron chi connectivity index (χ4n) is 8.11. The first-order valence-corrected chi connectivity index (χ1v) is 20.0. The molecule has 0 aromatic heterocycles. The van der Waals surface area contributed by atoms with Crippen molar-refractivity contribution in [3.05, 3.63) is 52.1 Å². The second kappa shape index (κ2) is 13.8. The molecule has 3 fully saturated rings. The first kappa shape index (κ1) is 33.5. The fraction of sp³-hybridized carbons (Fsp3) is 0.667. The zero-order valence-corrected chi connectivity index (χ0v) is 28.7. The van der Waals surface area contributed by atoms with Gasteiger partial charge < -0.3 is 4.18 Å². The van der Waals surface area contributed by atoms with Crippen LogP contribution in [-0.2, 0) is 20.2 Å². The Morgan fingerprint density at radius 1 is 0.591 bits per heavy atom. The Kier molecular flexibility index (Phi) is 10.5. The van der Waals surface area contributed by atoms with Gasteiger partial charge in [-0.2, -0.15) is 16.8 Å². The van der Waals surface area contributed by atoms with E-state index in [0.29, 0.717) is 21.9 Å². The van der Waals surface area contributed by atoms with Gasteiger partial charge in [0, 0.05) is 0 Å². The largest absolute Gasteiger partial charge is 0.379 e. The minimum atomic E-state index is -4.53. The molecule has 0 atom stereocenters. The Morgan fingerprint density at radius 2 is 0.977 bits per heavy atom. The lowest BCUT2D eigenvalue weighted by Crippen LogP contribution is -2.21. The molecule has 3 saturated carbocycles. The van der Waals surface area contributed by atoms with Crippen molar-refractivity contribution in [3.63, 3.8) is 0 Å². The second-order valence-electron chi connectivity index (χ2n) is 14.3. The maximum Gasteiger partial charge on any atom is 0.339 e. The van der Waals surface area contributed by atoms with Gasteiger partial charge in [0.15, 0.2) is 0 Å². The van der Waals surface area contributed by atoms with Crippen LogP contribution >= 0.6 is 0 Å². The minimum absolute atomic E-state index is 0.102. The molecule has 0 heterocycles. The molecule has 0 amide bonds. The van der Waals surface area contributed by atoms with E-state index in [1.165, 1.54) is 49.8 Å². The molecule has 0 saturated heterocycles. The normalized spacial score (nSPS) is 20.0. The van der Waals surface area contributed by atoms with Crippen LogP contribution in [-0.4, -0.2) is 21.4 Å². The Morgan fingerprint density at radius 3 is 1.34 bits per heavy atom. The average molecular weight is 645 g/mol. The highest BCUT2D eigenvalue weighted by atomic mass is 32.2. The first-order chi connectivity index (χ1) is 20.9. The standard InChI is InChI=1S/C36H52O6S2/c1-24(2)31-22-30(23-32(25(3)4)35(31)43(37,38)39)42-44(40,41)36-33(27-16-10-6-11-17-27)20-29(26-14-8-5-9-15-26)21-34(36)28-18-12-7-13-19-28/h20-28H,5-19H2,1-4H3,(H,37,38,39). The SMILES string of the molecule is CC(C)c1cc(OS(=O)(=O)c2c(C3CCCCC3)cc(C3CCCCC3)cc2C2CCCCC2)cc(C(C)C)c1S(=O)(=O)O. The van der Waals surface area contributed by atoms with E-state index in [0.717, 1.165) is 75.3 Å². The zero-order valence-electron chi connectivity index (χ0n) is 27.1. The van der Waals surface area contributed by atoms with Gasteiger partial charge in [-0.1, -0.05) is 97.6 Å². The van der Waals surface area contributed by atoms with Crippen molar-refractivity contribution in [1.82, 2.24) is 0 Å².